The molecule has 6 N–H and O–H groups in total. The third kappa shape index (κ3) is 3.75. The van der Waals surface area contributed by atoms with Crippen LogP contribution in [0, 0.1) is 0 Å². The number of hydrogen-bond donors (Lipinski definition) is 6. The minimum Gasteiger partial charge on any atom is -0.508 e. The zero-order valence-corrected chi connectivity index (χ0v) is 17.9. The van der Waals surface area contributed by atoms with Crippen molar-refractivity contribution in [1.82, 2.24) is 0 Å². The first-order valence-corrected chi connectivity index (χ1v) is 10.7. The number of aromatic hydroxyl groups is 6. The molecule has 4 aromatic carbocycles. The van der Waals surface area contributed by atoms with Gasteiger partial charge in [0.15, 0.2) is 0 Å². The highest BCUT2D eigenvalue weighted by Gasteiger charge is 2.41. The molecule has 4 aromatic rings. The van der Waals surface area contributed by atoms with Gasteiger partial charge in [-0.05, 0) is 70.3 Å². The monoisotopic (exact) mass is 454 g/mol. The van der Waals surface area contributed by atoms with Crippen LogP contribution in [0.1, 0.15) is 39.7 Å². The highest BCUT2D eigenvalue weighted by molar-refractivity contribution is 5.93. The van der Waals surface area contributed by atoms with E-state index < -0.39 is 11.8 Å². The fraction of sp³-hybridized carbons (Fsp3) is 0.0714. The van der Waals surface area contributed by atoms with Crippen LogP contribution in [0.3, 0.4) is 0 Å². The van der Waals surface area contributed by atoms with E-state index >= 15 is 0 Å². The minimum absolute atomic E-state index is 0.0865. The van der Waals surface area contributed by atoms with E-state index in [9.17, 15) is 30.6 Å². The summed E-state index contributed by atoms with van der Waals surface area (Å²) < 4.78 is 0. The van der Waals surface area contributed by atoms with E-state index in [-0.39, 0.29) is 34.5 Å². The lowest BCUT2D eigenvalue weighted by Crippen LogP contribution is -2.08. The van der Waals surface area contributed by atoms with Gasteiger partial charge in [0.2, 0.25) is 0 Å². The van der Waals surface area contributed by atoms with E-state index in [1.807, 2.05) is 6.08 Å². The van der Waals surface area contributed by atoms with Crippen LogP contribution < -0.4 is 0 Å². The molecule has 0 radical (unpaired) electrons. The van der Waals surface area contributed by atoms with Crippen molar-refractivity contribution >= 4 is 11.6 Å². The lowest BCUT2D eigenvalue weighted by molar-refractivity contribution is 0.444. The molecule has 0 amide bonds. The van der Waals surface area contributed by atoms with Crippen molar-refractivity contribution in [3.8, 4) is 34.5 Å². The average Bonchev–Trinajstić information content (AvgIpc) is 3.09. The van der Waals surface area contributed by atoms with Gasteiger partial charge in [0.05, 0.1) is 0 Å². The molecule has 0 aromatic heterocycles. The van der Waals surface area contributed by atoms with Gasteiger partial charge in [0.1, 0.15) is 34.5 Å². The van der Waals surface area contributed by atoms with E-state index in [4.69, 9.17) is 0 Å². The molecule has 1 aliphatic rings. The molecule has 34 heavy (non-hydrogen) atoms. The number of allylic oxidation sites excluding steroid dienone is 1. The third-order valence-corrected chi connectivity index (χ3v) is 6.18. The van der Waals surface area contributed by atoms with Crippen LogP contribution in [0.5, 0.6) is 34.5 Å². The molecule has 5 rings (SSSR count). The van der Waals surface area contributed by atoms with E-state index in [1.54, 1.807) is 66.7 Å². The standard InChI is InChI=1S/C28H22O6/c29-18-5-1-15(2-6-18)9-23-24-13-22(33)14-25(34)28(24)27(16-3-7-19(30)8-4-16)26(23)17-10-20(31)12-21(32)11-17/h1-14,26-27,29-34H/t26?,27-/m0/s1. The molecule has 0 heterocycles. The Balaban J connectivity index is 1.82. The van der Waals surface area contributed by atoms with Gasteiger partial charge in [-0.15, -0.1) is 0 Å². The van der Waals surface area contributed by atoms with Gasteiger partial charge in [-0.2, -0.15) is 0 Å². The Bertz CT molecular complexity index is 1380. The van der Waals surface area contributed by atoms with Crippen molar-refractivity contribution in [1.29, 1.82) is 0 Å². The van der Waals surface area contributed by atoms with Crippen LogP contribution in [0.15, 0.2) is 78.9 Å². The Kier molecular flexibility index (Phi) is 5.06. The summed E-state index contributed by atoms with van der Waals surface area (Å²) in [6.07, 6.45) is 1.89. The fourth-order valence-electron chi connectivity index (χ4n) is 4.83. The quantitative estimate of drug-likeness (QED) is 0.247. The van der Waals surface area contributed by atoms with Gasteiger partial charge in [-0.3, -0.25) is 0 Å². The molecule has 0 spiro atoms. The number of rotatable bonds is 3. The van der Waals surface area contributed by atoms with Crippen molar-refractivity contribution in [3.05, 3.63) is 107 Å². The predicted molar refractivity (Wildman–Crippen MR) is 128 cm³/mol. The van der Waals surface area contributed by atoms with Crippen LogP contribution in [-0.4, -0.2) is 30.6 Å². The summed E-state index contributed by atoms with van der Waals surface area (Å²) in [6, 6.07) is 20.5. The average molecular weight is 454 g/mol. The normalized spacial score (nSPS) is 18.2. The van der Waals surface area contributed by atoms with Crippen LogP contribution >= 0.6 is 0 Å². The van der Waals surface area contributed by atoms with Crippen molar-refractivity contribution in [2.45, 2.75) is 11.8 Å². The summed E-state index contributed by atoms with van der Waals surface area (Å²) in [7, 11) is 0. The van der Waals surface area contributed by atoms with Crippen molar-refractivity contribution in [3.63, 3.8) is 0 Å². The Hall–Kier alpha value is -4.58. The maximum Gasteiger partial charge on any atom is 0.123 e. The highest BCUT2D eigenvalue weighted by Crippen LogP contribution is 2.58. The van der Waals surface area contributed by atoms with Gasteiger partial charge in [-0.25, -0.2) is 0 Å². The molecular weight excluding hydrogens is 432 g/mol. The van der Waals surface area contributed by atoms with Gasteiger partial charge in [0.25, 0.3) is 0 Å². The number of fused-ring (bicyclic) bond motifs is 1. The summed E-state index contributed by atoms with van der Waals surface area (Å²) in [5.74, 6) is -1.07. The smallest absolute Gasteiger partial charge is 0.123 e. The van der Waals surface area contributed by atoms with Gasteiger partial charge >= 0.3 is 0 Å². The summed E-state index contributed by atoms with van der Waals surface area (Å²) in [5, 5.41) is 61.2. The summed E-state index contributed by atoms with van der Waals surface area (Å²) in [6.45, 7) is 0. The molecule has 6 nitrogen and oxygen atoms in total. The molecule has 0 fully saturated rings. The first-order chi connectivity index (χ1) is 16.3. The minimum atomic E-state index is -0.459. The number of benzene rings is 4. The molecule has 0 saturated carbocycles. The second kappa shape index (κ2) is 8.08. The van der Waals surface area contributed by atoms with Gasteiger partial charge < -0.3 is 30.6 Å². The Morgan fingerprint density at radius 3 is 1.68 bits per heavy atom. The SMILES string of the molecule is Oc1ccc(C=C2c3cc(O)cc(O)c3[C@@H](c3ccc(O)cc3)C2c2cc(O)cc(O)c2)cc1. The lowest BCUT2D eigenvalue weighted by atomic mass is 9.79. The van der Waals surface area contributed by atoms with Gasteiger partial charge in [0, 0.05) is 29.5 Å². The first-order valence-electron chi connectivity index (χ1n) is 10.7. The second-order valence-corrected chi connectivity index (χ2v) is 8.45. The van der Waals surface area contributed by atoms with Crippen LogP contribution in [0.25, 0.3) is 11.6 Å². The van der Waals surface area contributed by atoms with E-state index in [0.29, 0.717) is 16.7 Å². The summed E-state index contributed by atoms with van der Waals surface area (Å²) >= 11 is 0. The number of hydrogen-bond acceptors (Lipinski definition) is 6. The number of phenolic OH excluding ortho intramolecular Hbond substituents is 6. The van der Waals surface area contributed by atoms with E-state index in [0.717, 1.165) is 16.7 Å². The van der Waals surface area contributed by atoms with Crippen molar-refractivity contribution in [2.24, 2.45) is 0 Å². The lowest BCUT2D eigenvalue weighted by Gasteiger charge is -2.23. The maximum absolute atomic E-state index is 10.9. The maximum atomic E-state index is 10.9. The Morgan fingerprint density at radius 1 is 0.500 bits per heavy atom. The predicted octanol–water partition coefficient (Wildman–Crippen LogP) is 5.39. The van der Waals surface area contributed by atoms with E-state index in [2.05, 4.69) is 0 Å². The highest BCUT2D eigenvalue weighted by atomic mass is 16.3. The first kappa shape index (κ1) is 21.3. The molecule has 1 aliphatic carbocycles. The molecule has 0 saturated heterocycles. The Morgan fingerprint density at radius 2 is 1.06 bits per heavy atom. The summed E-state index contributed by atoms with van der Waals surface area (Å²) in [5.41, 5.74) is 4.13. The molecule has 6 heteroatoms. The Labute approximate surface area is 195 Å². The molecule has 0 bridgehead atoms. The fourth-order valence-corrected chi connectivity index (χ4v) is 4.83. The summed E-state index contributed by atoms with van der Waals surface area (Å²) in [4.78, 5) is 0. The number of phenols is 6. The molecule has 170 valence electrons. The molecule has 2 atom stereocenters. The van der Waals surface area contributed by atoms with E-state index in [1.165, 1.54) is 12.1 Å². The largest absolute Gasteiger partial charge is 0.508 e. The molecule has 0 aliphatic heterocycles. The molecule has 1 unspecified atom stereocenters. The zero-order chi connectivity index (χ0) is 24.0. The van der Waals surface area contributed by atoms with Crippen molar-refractivity contribution < 1.29 is 30.6 Å². The van der Waals surface area contributed by atoms with Crippen LogP contribution in [-0.2, 0) is 0 Å². The van der Waals surface area contributed by atoms with Crippen LogP contribution in [0.2, 0.25) is 0 Å². The van der Waals surface area contributed by atoms with Crippen molar-refractivity contribution in [2.75, 3.05) is 0 Å². The topological polar surface area (TPSA) is 121 Å². The second-order valence-electron chi connectivity index (χ2n) is 8.45. The van der Waals surface area contributed by atoms with Gasteiger partial charge in [-0.1, -0.05) is 30.3 Å². The molecular formula is C28H22O6. The third-order valence-electron chi connectivity index (χ3n) is 6.18. The van der Waals surface area contributed by atoms with Crippen LogP contribution in [0.4, 0.5) is 0 Å². The zero-order valence-electron chi connectivity index (χ0n) is 17.9.